The molecule has 0 atom stereocenters. The first-order chi connectivity index (χ1) is 18.8. The van der Waals surface area contributed by atoms with Crippen LogP contribution in [-0.2, 0) is 20.2 Å². The predicted molar refractivity (Wildman–Crippen MR) is 139 cm³/mol. The smallest absolute Gasteiger partial charge is 0.282 e. The molecule has 2 heterocycles. The first-order valence-electron chi connectivity index (χ1n) is 11.3. The van der Waals surface area contributed by atoms with Crippen molar-refractivity contribution >= 4 is 66.0 Å². The van der Waals surface area contributed by atoms with E-state index in [1.165, 1.54) is 48.5 Å². The van der Waals surface area contributed by atoms with Crippen LogP contribution in [-0.4, -0.2) is 49.6 Å². The molecule has 2 aliphatic heterocycles. The maximum Gasteiger partial charge on any atom is 0.294 e. The fourth-order valence-electron chi connectivity index (χ4n) is 4.91. The fourth-order valence-corrected chi connectivity index (χ4v) is 5.95. The Hall–Kier alpha value is -4.76. The van der Waals surface area contributed by atoms with E-state index in [0.717, 1.165) is 34.1 Å². The molecule has 0 saturated heterocycles. The van der Waals surface area contributed by atoms with Crippen LogP contribution in [0.25, 0.3) is 10.8 Å². The number of hydrogen-bond donors (Lipinski definition) is 2. The highest BCUT2D eigenvalue weighted by molar-refractivity contribution is 7.86. The van der Waals surface area contributed by atoms with E-state index in [4.69, 9.17) is 0 Å². The summed E-state index contributed by atoms with van der Waals surface area (Å²) in [7, 11) is -9.27. The first-order valence-corrected chi connectivity index (χ1v) is 14.2. The molecule has 0 saturated carbocycles. The van der Waals surface area contributed by atoms with E-state index in [9.17, 15) is 45.1 Å². The summed E-state index contributed by atoms with van der Waals surface area (Å²) in [5.74, 6) is -3.40. The van der Waals surface area contributed by atoms with Gasteiger partial charge in [0.25, 0.3) is 43.9 Å². The molecule has 4 aromatic carbocycles. The first kappa shape index (κ1) is 25.5. The SMILES string of the molecule is O=C1c2ccc3c4c(ccc(c24)C(=O)N1c1cccc(S(=O)(=O)O)c1)C(=O)N(c1cccc(S(=O)(=O)O)c1)C3=O. The van der Waals surface area contributed by atoms with Crippen LogP contribution < -0.4 is 9.80 Å². The molecule has 0 bridgehead atoms. The molecule has 2 N–H and O–H groups in total. The second-order valence-corrected chi connectivity index (χ2v) is 11.8. The molecule has 0 fully saturated rings. The number of nitrogens with zero attached hydrogens (tertiary/aromatic N) is 2. The van der Waals surface area contributed by atoms with Gasteiger partial charge in [0.15, 0.2) is 0 Å². The molecule has 200 valence electrons. The Morgan fingerprint density at radius 2 is 0.775 bits per heavy atom. The third kappa shape index (κ3) is 3.65. The van der Waals surface area contributed by atoms with Gasteiger partial charge in [0, 0.05) is 33.0 Å². The average Bonchev–Trinajstić information content (AvgIpc) is 2.90. The van der Waals surface area contributed by atoms with Crippen molar-refractivity contribution in [3.8, 4) is 0 Å². The van der Waals surface area contributed by atoms with Crippen molar-refractivity contribution < 1.29 is 45.1 Å². The Bertz CT molecular complexity index is 1880. The minimum absolute atomic E-state index is 0.0325. The van der Waals surface area contributed by atoms with Crippen molar-refractivity contribution in [2.45, 2.75) is 9.79 Å². The van der Waals surface area contributed by atoms with Crippen molar-refractivity contribution in [2.75, 3.05) is 9.80 Å². The maximum absolute atomic E-state index is 13.5. The lowest BCUT2D eigenvalue weighted by Crippen LogP contribution is -2.43. The van der Waals surface area contributed by atoms with E-state index in [1.54, 1.807) is 0 Å². The van der Waals surface area contributed by atoms with Crippen molar-refractivity contribution in [3.63, 3.8) is 0 Å². The molecule has 6 rings (SSSR count). The fraction of sp³-hybridized carbons (Fsp3) is 0. The van der Waals surface area contributed by atoms with Crippen LogP contribution in [0, 0.1) is 0 Å². The summed E-state index contributed by atoms with van der Waals surface area (Å²) < 4.78 is 65.3. The van der Waals surface area contributed by atoms with Crippen LogP contribution in [0.3, 0.4) is 0 Å². The van der Waals surface area contributed by atoms with Gasteiger partial charge in [-0.2, -0.15) is 16.8 Å². The topological polar surface area (TPSA) is 184 Å². The van der Waals surface area contributed by atoms with Crippen LogP contribution in [0.4, 0.5) is 11.4 Å². The molecule has 14 heteroatoms. The summed E-state index contributed by atoms with van der Waals surface area (Å²) in [5, 5.41) is 0.112. The van der Waals surface area contributed by atoms with E-state index in [0.29, 0.717) is 0 Å². The number of carbonyl (C=O) groups excluding carboxylic acids is 4. The third-order valence-corrected chi connectivity index (χ3v) is 8.34. The Morgan fingerprint density at radius 1 is 0.475 bits per heavy atom. The lowest BCUT2D eigenvalue weighted by Gasteiger charge is -2.32. The van der Waals surface area contributed by atoms with Crippen LogP contribution in [0.1, 0.15) is 41.4 Å². The minimum atomic E-state index is -4.63. The van der Waals surface area contributed by atoms with E-state index in [2.05, 4.69) is 0 Å². The van der Waals surface area contributed by atoms with E-state index in [1.807, 2.05) is 0 Å². The zero-order valence-electron chi connectivity index (χ0n) is 19.8. The van der Waals surface area contributed by atoms with Crippen molar-refractivity contribution in [1.29, 1.82) is 0 Å². The van der Waals surface area contributed by atoms with Gasteiger partial charge in [0.05, 0.1) is 21.2 Å². The van der Waals surface area contributed by atoms with Gasteiger partial charge in [-0.3, -0.25) is 28.3 Å². The largest absolute Gasteiger partial charge is 0.294 e. The van der Waals surface area contributed by atoms with Gasteiger partial charge in [-0.15, -0.1) is 0 Å². The average molecular weight is 579 g/mol. The highest BCUT2D eigenvalue weighted by atomic mass is 32.2. The summed E-state index contributed by atoms with van der Waals surface area (Å²) in [4.78, 5) is 54.5. The molecule has 12 nitrogen and oxygen atoms in total. The van der Waals surface area contributed by atoms with Gasteiger partial charge in [-0.25, -0.2) is 9.80 Å². The summed E-state index contributed by atoms with van der Waals surface area (Å²) >= 11 is 0. The van der Waals surface area contributed by atoms with Crippen LogP contribution in [0.2, 0.25) is 0 Å². The molecule has 0 unspecified atom stereocenters. The number of benzene rings is 4. The second-order valence-electron chi connectivity index (χ2n) is 8.91. The Morgan fingerprint density at radius 3 is 1.05 bits per heavy atom. The minimum Gasteiger partial charge on any atom is -0.282 e. The van der Waals surface area contributed by atoms with Gasteiger partial charge >= 0.3 is 0 Å². The number of carbonyl (C=O) groups is 4. The van der Waals surface area contributed by atoms with E-state index in [-0.39, 0.29) is 44.4 Å². The van der Waals surface area contributed by atoms with E-state index < -0.39 is 53.7 Å². The predicted octanol–water partition coefficient (Wildman–Crippen LogP) is 2.93. The van der Waals surface area contributed by atoms with Gasteiger partial charge in [-0.05, 0) is 60.7 Å². The van der Waals surface area contributed by atoms with Crippen molar-refractivity contribution in [1.82, 2.24) is 0 Å². The Kier molecular flexibility index (Phi) is 5.34. The number of imide groups is 2. The highest BCUT2D eigenvalue weighted by Gasteiger charge is 2.41. The summed E-state index contributed by atoms with van der Waals surface area (Å²) in [6.45, 7) is 0. The molecular weight excluding hydrogens is 564 g/mol. The lowest BCUT2D eigenvalue weighted by atomic mass is 9.85. The highest BCUT2D eigenvalue weighted by Crippen LogP contribution is 2.40. The number of amides is 4. The van der Waals surface area contributed by atoms with Gasteiger partial charge in [0.1, 0.15) is 0 Å². The van der Waals surface area contributed by atoms with Gasteiger partial charge in [-0.1, -0.05) is 12.1 Å². The lowest BCUT2D eigenvalue weighted by molar-refractivity contribution is 0.0873. The molecular formula is C26H14N2O10S2. The third-order valence-electron chi connectivity index (χ3n) is 6.64. The van der Waals surface area contributed by atoms with E-state index >= 15 is 0 Å². The number of hydrogen-bond acceptors (Lipinski definition) is 8. The Labute approximate surface area is 225 Å². The zero-order valence-corrected chi connectivity index (χ0v) is 21.4. The summed E-state index contributed by atoms with van der Waals surface area (Å²) in [5.41, 5.74) is -0.378. The molecule has 40 heavy (non-hydrogen) atoms. The van der Waals surface area contributed by atoms with Crippen LogP contribution in [0.15, 0.2) is 82.6 Å². The maximum atomic E-state index is 13.5. The van der Waals surface area contributed by atoms with Crippen LogP contribution >= 0.6 is 0 Å². The molecule has 4 amide bonds. The normalized spacial score (nSPS) is 15.2. The van der Waals surface area contributed by atoms with Gasteiger partial charge < -0.3 is 0 Å². The van der Waals surface area contributed by atoms with Crippen LogP contribution in [0.5, 0.6) is 0 Å². The molecule has 0 radical (unpaired) electrons. The monoisotopic (exact) mass is 578 g/mol. The molecule has 0 aromatic heterocycles. The summed E-state index contributed by atoms with van der Waals surface area (Å²) in [6.07, 6.45) is 0. The molecule has 0 aliphatic carbocycles. The molecule has 0 spiro atoms. The standard InChI is InChI=1S/C26H14N2O10S2/c29-23-17-7-9-19-22-20(26(32)28(25(19)31)14-4-2-6-16(12-14)40(36,37)38)10-8-18(21(17)22)24(30)27(23)13-3-1-5-15(11-13)39(33,34)35/h1-12H,(H,33,34,35)(H,36,37,38). The van der Waals surface area contributed by atoms with Crippen molar-refractivity contribution in [3.05, 3.63) is 95.1 Å². The molecule has 4 aromatic rings. The van der Waals surface area contributed by atoms with Gasteiger partial charge in [0.2, 0.25) is 0 Å². The zero-order chi connectivity index (χ0) is 28.7. The number of rotatable bonds is 4. The summed E-state index contributed by atoms with van der Waals surface area (Å²) in [6, 6.07) is 14.4. The quantitative estimate of drug-likeness (QED) is 0.270. The second kappa shape index (κ2) is 8.37. The Balaban J connectivity index is 1.52. The number of anilines is 2. The molecule has 2 aliphatic rings. The van der Waals surface area contributed by atoms with Crippen molar-refractivity contribution in [2.24, 2.45) is 0 Å².